The van der Waals surface area contributed by atoms with E-state index in [1.54, 1.807) is 0 Å². The van der Waals surface area contributed by atoms with Crippen LogP contribution in [0.3, 0.4) is 0 Å². The number of rotatable bonds is 3. The number of carbonyl (C=O) groups excluding carboxylic acids is 2. The lowest BCUT2D eigenvalue weighted by molar-refractivity contribution is -0.143. The number of nitrogens with zero attached hydrogens (tertiary/aromatic N) is 2. The molecule has 0 aromatic rings. The van der Waals surface area contributed by atoms with Crippen molar-refractivity contribution in [3.05, 3.63) is 0 Å². The second-order valence-corrected chi connectivity index (χ2v) is 6.90. The first-order chi connectivity index (χ1) is 10.1. The normalized spacial score (nSPS) is 35.3. The Hall–Kier alpha value is -1.10. The number of hydrogen-bond acceptors (Lipinski definition) is 3. The number of amides is 2. The average molecular weight is 293 g/mol. The molecule has 118 valence electrons. The van der Waals surface area contributed by atoms with Gasteiger partial charge in [0.25, 0.3) is 0 Å². The van der Waals surface area contributed by atoms with Crippen LogP contribution in [0.25, 0.3) is 0 Å². The average Bonchev–Trinajstić information content (AvgIpc) is 3.15. The van der Waals surface area contributed by atoms with Crippen LogP contribution in [-0.4, -0.2) is 53.3 Å². The van der Waals surface area contributed by atoms with Gasteiger partial charge in [0.15, 0.2) is 0 Å². The summed E-state index contributed by atoms with van der Waals surface area (Å²) in [4.78, 5) is 28.8. The third kappa shape index (κ3) is 2.68. The molecule has 4 atom stereocenters. The fourth-order valence-corrected chi connectivity index (χ4v) is 4.38. The molecule has 3 aliphatic rings. The van der Waals surface area contributed by atoms with Gasteiger partial charge in [0.1, 0.15) is 6.04 Å². The molecule has 1 saturated carbocycles. The Balaban J connectivity index is 1.64. The summed E-state index contributed by atoms with van der Waals surface area (Å²) in [5, 5.41) is 0. The van der Waals surface area contributed by atoms with Crippen LogP contribution in [0.15, 0.2) is 0 Å². The first-order valence-corrected chi connectivity index (χ1v) is 8.45. The summed E-state index contributed by atoms with van der Waals surface area (Å²) in [6.07, 6.45) is 5.43. The second kappa shape index (κ2) is 5.95. The van der Waals surface area contributed by atoms with Crippen molar-refractivity contribution in [3.8, 4) is 0 Å². The Morgan fingerprint density at radius 1 is 1.19 bits per heavy atom. The van der Waals surface area contributed by atoms with E-state index in [0.717, 1.165) is 51.7 Å². The predicted octanol–water partition coefficient (Wildman–Crippen LogP) is 0.973. The molecule has 3 fully saturated rings. The van der Waals surface area contributed by atoms with Gasteiger partial charge >= 0.3 is 0 Å². The van der Waals surface area contributed by atoms with Gasteiger partial charge in [-0.3, -0.25) is 9.59 Å². The molecule has 0 spiro atoms. The van der Waals surface area contributed by atoms with Crippen molar-refractivity contribution in [1.82, 2.24) is 9.80 Å². The Morgan fingerprint density at radius 2 is 2.00 bits per heavy atom. The number of hydrogen-bond donors (Lipinski definition) is 1. The van der Waals surface area contributed by atoms with Gasteiger partial charge in [-0.2, -0.15) is 0 Å². The summed E-state index contributed by atoms with van der Waals surface area (Å²) in [7, 11) is 0. The van der Waals surface area contributed by atoms with Crippen LogP contribution in [0, 0.1) is 11.8 Å². The van der Waals surface area contributed by atoms with Gasteiger partial charge in [-0.25, -0.2) is 0 Å². The molecular formula is C16H27N3O2. The fraction of sp³-hybridized carbons (Fsp3) is 0.875. The molecule has 5 nitrogen and oxygen atoms in total. The third-order valence-electron chi connectivity index (χ3n) is 5.55. The molecular weight excluding hydrogens is 266 g/mol. The molecule has 0 aromatic carbocycles. The van der Waals surface area contributed by atoms with Gasteiger partial charge in [-0.05, 0) is 43.9 Å². The van der Waals surface area contributed by atoms with Gasteiger partial charge < -0.3 is 15.5 Å². The highest BCUT2D eigenvalue weighted by molar-refractivity contribution is 5.88. The van der Waals surface area contributed by atoms with E-state index >= 15 is 0 Å². The maximum absolute atomic E-state index is 12.8. The summed E-state index contributed by atoms with van der Waals surface area (Å²) >= 11 is 0. The standard InChI is InChI=1S/C16H27N3O2/c1-2-4-15(20)19-8-3-5-14(19)16(21)18-9-11-6-7-13(17)12(11)10-18/h11-14H,2-10,17H2,1H3. The second-order valence-electron chi connectivity index (χ2n) is 6.90. The van der Waals surface area contributed by atoms with Crippen molar-refractivity contribution >= 4 is 11.8 Å². The van der Waals surface area contributed by atoms with Crippen LogP contribution in [-0.2, 0) is 9.59 Å². The van der Waals surface area contributed by atoms with Crippen LogP contribution in [0.5, 0.6) is 0 Å². The van der Waals surface area contributed by atoms with Crippen molar-refractivity contribution in [1.29, 1.82) is 0 Å². The number of nitrogens with two attached hydrogens (primary N) is 1. The monoisotopic (exact) mass is 293 g/mol. The lowest BCUT2D eigenvalue weighted by Gasteiger charge is -2.28. The van der Waals surface area contributed by atoms with Crippen LogP contribution in [0.1, 0.15) is 45.4 Å². The highest BCUT2D eigenvalue weighted by Crippen LogP contribution is 2.38. The van der Waals surface area contributed by atoms with E-state index in [9.17, 15) is 9.59 Å². The zero-order valence-corrected chi connectivity index (χ0v) is 13.0. The van der Waals surface area contributed by atoms with Gasteiger partial charge in [-0.1, -0.05) is 6.92 Å². The Morgan fingerprint density at radius 3 is 2.71 bits per heavy atom. The summed E-state index contributed by atoms with van der Waals surface area (Å²) < 4.78 is 0. The molecule has 0 bridgehead atoms. The molecule has 0 aromatic heterocycles. The summed E-state index contributed by atoms with van der Waals surface area (Å²) in [6, 6.07) is 0.0494. The quantitative estimate of drug-likeness (QED) is 0.843. The molecule has 2 N–H and O–H groups in total. The van der Waals surface area contributed by atoms with Crippen molar-refractivity contribution in [2.24, 2.45) is 17.6 Å². The van der Waals surface area contributed by atoms with Gasteiger partial charge in [-0.15, -0.1) is 0 Å². The van der Waals surface area contributed by atoms with Crippen molar-refractivity contribution in [2.75, 3.05) is 19.6 Å². The summed E-state index contributed by atoms with van der Waals surface area (Å²) in [5.74, 6) is 1.38. The highest BCUT2D eigenvalue weighted by atomic mass is 16.2. The van der Waals surface area contributed by atoms with E-state index in [1.165, 1.54) is 0 Å². The topological polar surface area (TPSA) is 66.6 Å². The van der Waals surface area contributed by atoms with E-state index in [1.807, 2.05) is 16.7 Å². The maximum atomic E-state index is 12.8. The first-order valence-electron chi connectivity index (χ1n) is 8.45. The van der Waals surface area contributed by atoms with Crippen LogP contribution < -0.4 is 5.73 Å². The Labute approximate surface area is 126 Å². The number of likely N-dealkylation sites (tertiary alicyclic amines) is 2. The molecule has 2 amide bonds. The SMILES string of the molecule is CCCC(=O)N1CCCC1C(=O)N1CC2CCC(N)C2C1. The van der Waals surface area contributed by atoms with Crippen molar-refractivity contribution < 1.29 is 9.59 Å². The third-order valence-corrected chi connectivity index (χ3v) is 5.55. The fourth-order valence-electron chi connectivity index (χ4n) is 4.38. The predicted molar refractivity (Wildman–Crippen MR) is 80.4 cm³/mol. The smallest absolute Gasteiger partial charge is 0.245 e. The molecule has 4 unspecified atom stereocenters. The zero-order chi connectivity index (χ0) is 15.0. The molecule has 1 aliphatic carbocycles. The molecule has 5 heteroatoms. The van der Waals surface area contributed by atoms with Crippen molar-refractivity contribution in [3.63, 3.8) is 0 Å². The maximum Gasteiger partial charge on any atom is 0.245 e. The molecule has 3 rings (SSSR count). The van der Waals surface area contributed by atoms with E-state index < -0.39 is 0 Å². The van der Waals surface area contributed by atoms with Crippen LogP contribution in [0.4, 0.5) is 0 Å². The minimum atomic E-state index is -0.209. The molecule has 0 radical (unpaired) electrons. The molecule has 21 heavy (non-hydrogen) atoms. The van der Waals surface area contributed by atoms with E-state index in [0.29, 0.717) is 18.3 Å². The van der Waals surface area contributed by atoms with Crippen LogP contribution in [0.2, 0.25) is 0 Å². The van der Waals surface area contributed by atoms with E-state index in [-0.39, 0.29) is 23.9 Å². The van der Waals surface area contributed by atoms with Gasteiger partial charge in [0, 0.05) is 32.1 Å². The number of fused-ring (bicyclic) bond motifs is 1. The molecule has 2 saturated heterocycles. The first kappa shape index (κ1) is 14.8. The van der Waals surface area contributed by atoms with Crippen molar-refractivity contribution in [2.45, 2.75) is 57.5 Å². The van der Waals surface area contributed by atoms with Crippen LogP contribution >= 0.6 is 0 Å². The minimum absolute atomic E-state index is 0.143. The summed E-state index contributed by atoms with van der Waals surface area (Å²) in [6.45, 7) is 4.41. The van der Waals surface area contributed by atoms with E-state index in [4.69, 9.17) is 5.73 Å². The Bertz CT molecular complexity index is 426. The van der Waals surface area contributed by atoms with Gasteiger partial charge in [0.05, 0.1) is 0 Å². The Kier molecular flexibility index (Phi) is 4.20. The molecule has 2 aliphatic heterocycles. The lowest BCUT2D eigenvalue weighted by Crippen LogP contribution is -2.47. The lowest BCUT2D eigenvalue weighted by atomic mass is 9.98. The zero-order valence-electron chi connectivity index (χ0n) is 13.0. The molecule has 2 heterocycles. The highest BCUT2D eigenvalue weighted by Gasteiger charge is 2.45. The van der Waals surface area contributed by atoms with E-state index in [2.05, 4.69) is 0 Å². The minimum Gasteiger partial charge on any atom is -0.340 e. The summed E-state index contributed by atoms with van der Waals surface area (Å²) in [5.41, 5.74) is 6.15. The largest absolute Gasteiger partial charge is 0.340 e. The van der Waals surface area contributed by atoms with Gasteiger partial charge in [0.2, 0.25) is 11.8 Å². The number of carbonyl (C=O) groups is 2.